The monoisotopic (exact) mass is 305 g/mol. The summed E-state index contributed by atoms with van der Waals surface area (Å²) in [6.07, 6.45) is 4.16. The number of hydrogen-bond acceptors (Lipinski definition) is 3. The van der Waals surface area contributed by atoms with E-state index in [1.807, 2.05) is 30.5 Å². The summed E-state index contributed by atoms with van der Waals surface area (Å²) in [5.41, 5.74) is 2.06. The number of rotatable bonds is 8. The topological polar surface area (TPSA) is 37.0 Å². The molecule has 0 aliphatic carbocycles. The van der Waals surface area contributed by atoms with E-state index in [0.29, 0.717) is 0 Å². The second-order valence-electron chi connectivity index (χ2n) is 5.52. The van der Waals surface area contributed by atoms with Crippen molar-refractivity contribution in [2.45, 2.75) is 26.7 Å². The number of fused-ring (bicyclic) bond motifs is 1. The van der Waals surface area contributed by atoms with Crippen molar-refractivity contribution in [3.8, 4) is 0 Å². The van der Waals surface area contributed by atoms with Crippen LogP contribution in [0.2, 0.25) is 5.02 Å². The first-order valence-electron chi connectivity index (χ1n) is 7.69. The zero-order valence-corrected chi connectivity index (χ0v) is 13.6. The summed E-state index contributed by atoms with van der Waals surface area (Å²) in [4.78, 5) is 4.35. The molecule has 3 nitrogen and oxygen atoms in total. The summed E-state index contributed by atoms with van der Waals surface area (Å²) in [5.74, 6) is 0.756. The lowest BCUT2D eigenvalue weighted by molar-refractivity contribution is 0.498. The maximum Gasteiger partial charge on any atom is 0.0737 e. The average molecular weight is 306 g/mol. The van der Waals surface area contributed by atoms with Gasteiger partial charge in [-0.2, -0.15) is 0 Å². The van der Waals surface area contributed by atoms with Gasteiger partial charge in [-0.25, -0.2) is 0 Å². The van der Waals surface area contributed by atoms with Crippen LogP contribution in [0.15, 0.2) is 30.5 Å². The zero-order valence-electron chi connectivity index (χ0n) is 12.8. The average Bonchev–Trinajstić information content (AvgIpc) is 2.50. The van der Waals surface area contributed by atoms with Crippen LogP contribution in [-0.2, 0) is 0 Å². The number of benzene rings is 1. The van der Waals surface area contributed by atoms with E-state index >= 15 is 0 Å². The third kappa shape index (κ3) is 4.87. The molecule has 0 saturated carbocycles. The molecule has 0 bridgehead atoms. The third-order valence-electron chi connectivity index (χ3n) is 3.74. The van der Waals surface area contributed by atoms with Crippen molar-refractivity contribution in [2.75, 3.05) is 25.0 Å². The Kier molecular flexibility index (Phi) is 6.27. The standard InChI is InChI=1S/C17H24ClN3/c1-3-13(2)12-19-8-4-9-20-16-7-10-21-17-11-14(18)5-6-15(16)17/h5-7,10-11,13,19H,3-4,8-9,12H2,1-2H3,(H,20,21). The van der Waals surface area contributed by atoms with Gasteiger partial charge in [0.25, 0.3) is 0 Å². The number of aromatic nitrogens is 1. The normalized spacial score (nSPS) is 12.5. The Bertz CT molecular complexity index is 571. The molecule has 0 amide bonds. The molecule has 0 fully saturated rings. The van der Waals surface area contributed by atoms with E-state index < -0.39 is 0 Å². The molecular formula is C17H24ClN3. The molecule has 0 aliphatic heterocycles. The molecule has 4 heteroatoms. The molecular weight excluding hydrogens is 282 g/mol. The molecule has 0 radical (unpaired) electrons. The van der Waals surface area contributed by atoms with Crippen LogP contribution in [0.3, 0.4) is 0 Å². The van der Waals surface area contributed by atoms with Gasteiger partial charge >= 0.3 is 0 Å². The SMILES string of the molecule is CCC(C)CNCCCNc1ccnc2cc(Cl)ccc12. The molecule has 2 aromatic rings. The second-order valence-corrected chi connectivity index (χ2v) is 5.95. The fraction of sp³-hybridized carbons (Fsp3) is 0.471. The summed E-state index contributed by atoms with van der Waals surface area (Å²) in [6, 6.07) is 7.84. The van der Waals surface area contributed by atoms with Gasteiger partial charge in [-0.15, -0.1) is 0 Å². The highest BCUT2D eigenvalue weighted by molar-refractivity contribution is 6.31. The lowest BCUT2D eigenvalue weighted by Gasteiger charge is -2.12. The van der Waals surface area contributed by atoms with Crippen molar-refractivity contribution in [3.63, 3.8) is 0 Å². The van der Waals surface area contributed by atoms with Crippen molar-refractivity contribution in [1.82, 2.24) is 10.3 Å². The second kappa shape index (κ2) is 8.20. The van der Waals surface area contributed by atoms with Gasteiger partial charge in [0.1, 0.15) is 0 Å². The van der Waals surface area contributed by atoms with E-state index in [1.165, 1.54) is 6.42 Å². The largest absolute Gasteiger partial charge is 0.384 e. The lowest BCUT2D eigenvalue weighted by atomic mass is 10.1. The number of pyridine rings is 1. The summed E-state index contributed by atoms with van der Waals surface area (Å²) in [5, 5.41) is 8.83. The first-order valence-corrected chi connectivity index (χ1v) is 8.07. The minimum Gasteiger partial charge on any atom is -0.384 e. The maximum absolute atomic E-state index is 6.00. The highest BCUT2D eigenvalue weighted by Crippen LogP contribution is 2.24. The quantitative estimate of drug-likeness (QED) is 0.713. The smallest absolute Gasteiger partial charge is 0.0737 e. The van der Waals surface area contributed by atoms with Crippen LogP contribution >= 0.6 is 11.6 Å². The third-order valence-corrected chi connectivity index (χ3v) is 3.98. The summed E-state index contributed by atoms with van der Waals surface area (Å²) in [7, 11) is 0. The number of halogens is 1. The zero-order chi connectivity index (χ0) is 15.1. The number of nitrogens with one attached hydrogen (secondary N) is 2. The Morgan fingerprint density at radius 2 is 2.10 bits per heavy atom. The molecule has 1 aromatic heterocycles. The Balaban J connectivity index is 1.81. The fourth-order valence-corrected chi connectivity index (χ4v) is 2.37. The van der Waals surface area contributed by atoms with E-state index in [4.69, 9.17) is 11.6 Å². The molecule has 114 valence electrons. The van der Waals surface area contributed by atoms with E-state index in [0.717, 1.165) is 53.6 Å². The molecule has 1 atom stereocenters. The van der Waals surface area contributed by atoms with Gasteiger partial charge in [-0.3, -0.25) is 4.98 Å². The predicted molar refractivity (Wildman–Crippen MR) is 92.2 cm³/mol. The van der Waals surface area contributed by atoms with Crippen molar-refractivity contribution in [3.05, 3.63) is 35.5 Å². The van der Waals surface area contributed by atoms with Gasteiger partial charge < -0.3 is 10.6 Å². The minimum absolute atomic E-state index is 0.724. The van der Waals surface area contributed by atoms with Crippen LogP contribution in [0, 0.1) is 5.92 Å². The van der Waals surface area contributed by atoms with Gasteiger partial charge in [-0.1, -0.05) is 31.9 Å². The fourth-order valence-electron chi connectivity index (χ4n) is 2.20. The van der Waals surface area contributed by atoms with E-state index in [2.05, 4.69) is 29.5 Å². The van der Waals surface area contributed by atoms with Crippen molar-refractivity contribution < 1.29 is 0 Å². The van der Waals surface area contributed by atoms with E-state index in [-0.39, 0.29) is 0 Å². The first kappa shape index (κ1) is 16.1. The van der Waals surface area contributed by atoms with Crippen LogP contribution in [0.4, 0.5) is 5.69 Å². The molecule has 1 aromatic carbocycles. The predicted octanol–water partition coefficient (Wildman–Crippen LogP) is 4.33. The van der Waals surface area contributed by atoms with Crippen molar-refractivity contribution in [2.24, 2.45) is 5.92 Å². The van der Waals surface area contributed by atoms with Crippen LogP contribution < -0.4 is 10.6 Å². The Morgan fingerprint density at radius 1 is 1.24 bits per heavy atom. The van der Waals surface area contributed by atoms with Gasteiger partial charge in [0, 0.05) is 28.8 Å². The number of anilines is 1. The molecule has 1 unspecified atom stereocenters. The van der Waals surface area contributed by atoms with Crippen LogP contribution in [0.25, 0.3) is 10.9 Å². The Labute approximate surface area is 132 Å². The van der Waals surface area contributed by atoms with Crippen LogP contribution in [0.5, 0.6) is 0 Å². The first-order chi connectivity index (χ1) is 10.2. The highest BCUT2D eigenvalue weighted by atomic mass is 35.5. The van der Waals surface area contributed by atoms with E-state index in [9.17, 15) is 0 Å². The molecule has 2 rings (SSSR count). The van der Waals surface area contributed by atoms with Gasteiger partial charge in [-0.05, 0) is 49.7 Å². The molecule has 21 heavy (non-hydrogen) atoms. The Hall–Kier alpha value is -1.32. The van der Waals surface area contributed by atoms with Gasteiger partial charge in [0.05, 0.1) is 5.52 Å². The van der Waals surface area contributed by atoms with E-state index in [1.54, 1.807) is 0 Å². The molecule has 1 heterocycles. The lowest BCUT2D eigenvalue weighted by Crippen LogP contribution is -2.23. The van der Waals surface area contributed by atoms with Gasteiger partial charge in [0.15, 0.2) is 0 Å². The van der Waals surface area contributed by atoms with Gasteiger partial charge in [0.2, 0.25) is 0 Å². The molecule has 0 saturated heterocycles. The van der Waals surface area contributed by atoms with Crippen LogP contribution in [0.1, 0.15) is 26.7 Å². The number of nitrogens with zero attached hydrogens (tertiary/aromatic N) is 1. The van der Waals surface area contributed by atoms with Crippen molar-refractivity contribution in [1.29, 1.82) is 0 Å². The summed E-state index contributed by atoms with van der Waals surface area (Å²) in [6.45, 7) is 7.61. The minimum atomic E-state index is 0.724. The molecule has 0 aliphatic rings. The Morgan fingerprint density at radius 3 is 2.90 bits per heavy atom. The number of hydrogen-bond donors (Lipinski definition) is 2. The van der Waals surface area contributed by atoms with Crippen LogP contribution in [-0.4, -0.2) is 24.6 Å². The highest BCUT2D eigenvalue weighted by Gasteiger charge is 2.02. The maximum atomic E-state index is 6.00. The van der Waals surface area contributed by atoms with Crippen molar-refractivity contribution >= 4 is 28.2 Å². The molecule has 2 N–H and O–H groups in total. The summed E-state index contributed by atoms with van der Waals surface area (Å²) < 4.78 is 0. The molecule has 0 spiro atoms. The summed E-state index contributed by atoms with van der Waals surface area (Å²) >= 11 is 6.00.